The van der Waals surface area contributed by atoms with E-state index in [1.54, 1.807) is 0 Å². The third-order valence-electron chi connectivity index (χ3n) is 6.60. The Morgan fingerprint density at radius 1 is 1.04 bits per heavy atom. The summed E-state index contributed by atoms with van der Waals surface area (Å²) in [4.78, 5) is 0. The minimum Gasteiger partial charge on any atom is -0.414 e. The van der Waals surface area contributed by atoms with Crippen LogP contribution in [0.25, 0.3) is 0 Å². The normalized spacial score (nSPS) is 21.2. The standard InChI is InChI=1S/C23H42O2Si2/c1-19-15-16-21(25-27(10,11)23(5,6)7)18-20(19)14-12-13-17-24-26(8,9)22(2,3)4/h14,21H,1,15-18H2,2-11H3. The van der Waals surface area contributed by atoms with Crippen LogP contribution in [0.4, 0.5) is 0 Å². The van der Waals surface area contributed by atoms with Gasteiger partial charge in [-0.1, -0.05) is 65.5 Å². The SMILES string of the molecule is C=C1CCC(O[Si](C)(C)C(C)(C)C)CC1=CC#CCO[Si](C)(C)C(C)(C)C. The minimum atomic E-state index is -1.74. The van der Waals surface area contributed by atoms with Crippen LogP contribution < -0.4 is 0 Å². The summed E-state index contributed by atoms with van der Waals surface area (Å²) in [6.07, 6.45) is 5.35. The van der Waals surface area contributed by atoms with E-state index in [2.05, 4.69) is 86.2 Å². The molecule has 0 aromatic heterocycles. The molecule has 0 aromatic carbocycles. The Morgan fingerprint density at radius 2 is 1.59 bits per heavy atom. The first-order valence-corrected chi connectivity index (χ1v) is 16.1. The molecule has 0 aromatic rings. The summed E-state index contributed by atoms with van der Waals surface area (Å²) in [6.45, 7) is 27.6. The predicted octanol–water partition coefficient (Wildman–Crippen LogP) is 7.07. The first kappa shape index (κ1) is 24.4. The molecule has 0 heterocycles. The Balaban J connectivity index is 2.70. The van der Waals surface area contributed by atoms with Gasteiger partial charge < -0.3 is 8.85 Å². The quantitative estimate of drug-likeness (QED) is 0.367. The molecule has 0 amide bonds. The molecule has 1 aliphatic rings. The Kier molecular flexibility index (Phi) is 7.98. The van der Waals surface area contributed by atoms with Crippen molar-refractivity contribution in [3.63, 3.8) is 0 Å². The van der Waals surface area contributed by atoms with Crippen LogP contribution in [-0.4, -0.2) is 29.3 Å². The molecule has 4 heteroatoms. The summed E-state index contributed by atoms with van der Waals surface area (Å²) >= 11 is 0. The monoisotopic (exact) mass is 406 g/mol. The van der Waals surface area contributed by atoms with Gasteiger partial charge in [-0.05, 0) is 67.2 Å². The predicted molar refractivity (Wildman–Crippen MR) is 124 cm³/mol. The van der Waals surface area contributed by atoms with Crippen LogP contribution in [0.3, 0.4) is 0 Å². The number of hydrogen-bond donors (Lipinski definition) is 0. The Bertz CT molecular complexity index is 619. The smallest absolute Gasteiger partial charge is 0.193 e. The van der Waals surface area contributed by atoms with E-state index in [1.165, 1.54) is 11.1 Å². The van der Waals surface area contributed by atoms with Crippen molar-refractivity contribution in [3.05, 3.63) is 23.8 Å². The molecule has 1 saturated carbocycles. The van der Waals surface area contributed by atoms with Crippen molar-refractivity contribution in [2.45, 2.75) is 103 Å². The summed E-state index contributed by atoms with van der Waals surface area (Å²) in [5, 5.41) is 0.464. The van der Waals surface area contributed by atoms with Gasteiger partial charge in [-0.3, -0.25) is 0 Å². The largest absolute Gasteiger partial charge is 0.414 e. The lowest BCUT2D eigenvalue weighted by atomic mass is 9.88. The van der Waals surface area contributed by atoms with Gasteiger partial charge in [0.05, 0.1) is 6.61 Å². The van der Waals surface area contributed by atoms with Crippen LogP contribution in [0.5, 0.6) is 0 Å². The maximum Gasteiger partial charge on any atom is 0.193 e. The van der Waals surface area contributed by atoms with E-state index in [1.807, 2.05) is 6.08 Å². The highest BCUT2D eigenvalue weighted by atomic mass is 28.4. The van der Waals surface area contributed by atoms with E-state index in [0.717, 1.165) is 19.3 Å². The maximum atomic E-state index is 6.62. The van der Waals surface area contributed by atoms with E-state index in [0.29, 0.717) is 12.7 Å². The molecular weight excluding hydrogens is 364 g/mol. The van der Waals surface area contributed by atoms with Crippen molar-refractivity contribution in [2.24, 2.45) is 0 Å². The van der Waals surface area contributed by atoms with E-state index < -0.39 is 16.6 Å². The zero-order chi connectivity index (χ0) is 21.1. The average Bonchev–Trinajstić information content (AvgIpc) is 2.47. The zero-order valence-corrected chi connectivity index (χ0v) is 21.5. The van der Waals surface area contributed by atoms with Crippen molar-refractivity contribution >= 4 is 16.6 Å². The molecular formula is C23H42O2Si2. The molecule has 0 bridgehead atoms. The van der Waals surface area contributed by atoms with Crippen molar-refractivity contribution in [2.75, 3.05) is 6.61 Å². The van der Waals surface area contributed by atoms with Crippen molar-refractivity contribution in [1.29, 1.82) is 0 Å². The van der Waals surface area contributed by atoms with E-state index in [4.69, 9.17) is 8.85 Å². The van der Waals surface area contributed by atoms with Gasteiger partial charge in [-0.2, -0.15) is 0 Å². The first-order valence-electron chi connectivity index (χ1n) is 10.2. The van der Waals surface area contributed by atoms with Crippen LogP contribution in [-0.2, 0) is 8.85 Å². The minimum absolute atomic E-state index is 0.221. The summed E-state index contributed by atoms with van der Waals surface area (Å²) < 4.78 is 12.8. The lowest BCUT2D eigenvalue weighted by Crippen LogP contribution is -2.44. The second-order valence-electron chi connectivity index (χ2n) is 10.9. The topological polar surface area (TPSA) is 18.5 Å². The molecule has 1 aliphatic carbocycles. The third-order valence-corrected chi connectivity index (χ3v) is 15.6. The Morgan fingerprint density at radius 3 is 2.11 bits per heavy atom. The van der Waals surface area contributed by atoms with Crippen molar-refractivity contribution < 1.29 is 8.85 Å². The van der Waals surface area contributed by atoms with Gasteiger partial charge >= 0.3 is 0 Å². The van der Waals surface area contributed by atoms with Gasteiger partial charge in [0.15, 0.2) is 16.6 Å². The second-order valence-corrected chi connectivity index (χ2v) is 20.5. The summed E-state index contributed by atoms with van der Waals surface area (Å²) in [6, 6.07) is 0. The van der Waals surface area contributed by atoms with Crippen LogP contribution in [0.1, 0.15) is 60.8 Å². The average molecular weight is 407 g/mol. The van der Waals surface area contributed by atoms with Crippen LogP contribution >= 0.6 is 0 Å². The van der Waals surface area contributed by atoms with Crippen molar-refractivity contribution in [3.8, 4) is 11.8 Å². The first-order chi connectivity index (χ1) is 12.1. The van der Waals surface area contributed by atoms with Gasteiger partial charge in [-0.25, -0.2) is 0 Å². The van der Waals surface area contributed by atoms with Gasteiger partial charge in [-0.15, -0.1) is 0 Å². The number of hydrogen-bond acceptors (Lipinski definition) is 2. The molecule has 1 rings (SSSR count). The van der Waals surface area contributed by atoms with Crippen LogP contribution in [0.15, 0.2) is 23.8 Å². The molecule has 0 saturated heterocycles. The molecule has 0 N–H and O–H groups in total. The zero-order valence-electron chi connectivity index (χ0n) is 19.5. The molecule has 27 heavy (non-hydrogen) atoms. The fraction of sp³-hybridized carbons (Fsp3) is 0.739. The molecule has 2 nitrogen and oxygen atoms in total. The highest BCUT2D eigenvalue weighted by molar-refractivity contribution is 6.74. The fourth-order valence-corrected chi connectivity index (χ4v) is 4.71. The molecule has 0 aliphatic heterocycles. The highest BCUT2D eigenvalue weighted by Crippen LogP contribution is 2.40. The Labute approximate surface area is 171 Å². The summed E-state index contributed by atoms with van der Waals surface area (Å²) in [5.74, 6) is 6.38. The second kappa shape index (κ2) is 8.82. The van der Waals surface area contributed by atoms with Crippen LogP contribution in [0, 0.1) is 11.8 Å². The fourth-order valence-electron chi connectivity index (χ4n) is 2.46. The van der Waals surface area contributed by atoms with E-state index in [-0.39, 0.29) is 10.1 Å². The van der Waals surface area contributed by atoms with E-state index in [9.17, 15) is 0 Å². The molecule has 1 atom stereocenters. The highest BCUT2D eigenvalue weighted by Gasteiger charge is 2.40. The molecule has 0 spiro atoms. The number of rotatable bonds is 4. The van der Waals surface area contributed by atoms with Gasteiger partial charge in [0.2, 0.25) is 0 Å². The molecule has 154 valence electrons. The van der Waals surface area contributed by atoms with E-state index >= 15 is 0 Å². The lowest BCUT2D eigenvalue weighted by molar-refractivity contribution is 0.164. The number of allylic oxidation sites excluding steroid dienone is 2. The molecule has 1 fully saturated rings. The van der Waals surface area contributed by atoms with Gasteiger partial charge in [0.25, 0.3) is 0 Å². The van der Waals surface area contributed by atoms with Gasteiger partial charge in [0.1, 0.15) is 0 Å². The molecule has 0 radical (unpaired) electrons. The van der Waals surface area contributed by atoms with Crippen molar-refractivity contribution in [1.82, 2.24) is 0 Å². The third kappa shape index (κ3) is 7.05. The lowest BCUT2D eigenvalue weighted by Gasteiger charge is -2.41. The summed E-state index contributed by atoms with van der Waals surface area (Å²) in [7, 11) is -3.45. The summed E-state index contributed by atoms with van der Waals surface area (Å²) in [5.41, 5.74) is 2.47. The maximum absolute atomic E-state index is 6.62. The Hall–Kier alpha value is -0.606. The molecule has 1 unspecified atom stereocenters. The van der Waals surface area contributed by atoms with Gasteiger partial charge in [0, 0.05) is 6.10 Å². The van der Waals surface area contributed by atoms with Crippen LogP contribution in [0.2, 0.25) is 36.3 Å².